The number of rotatable bonds is 5. The molecule has 3 atom stereocenters. The van der Waals surface area contributed by atoms with Crippen molar-refractivity contribution in [2.24, 2.45) is 11.8 Å². The van der Waals surface area contributed by atoms with Crippen LogP contribution in [0.1, 0.15) is 47.2 Å². The Morgan fingerprint density at radius 1 is 1.03 bits per heavy atom. The number of hydrogen-bond acceptors (Lipinski definition) is 3. The first-order chi connectivity index (χ1) is 13.7. The van der Waals surface area contributed by atoms with Crippen LogP contribution < -0.4 is 10.0 Å². The molecule has 0 heterocycles. The summed E-state index contributed by atoms with van der Waals surface area (Å²) in [7, 11) is -3.93. The van der Waals surface area contributed by atoms with Gasteiger partial charge >= 0.3 is 0 Å². The van der Waals surface area contributed by atoms with Crippen molar-refractivity contribution in [1.29, 1.82) is 0 Å². The average molecular weight is 433 g/mol. The van der Waals surface area contributed by atoms with E-state index in [1.165, 1.54) is 25.0 Å². The minimum absolute atomic E-state index is 0.0813. The van der Waals surface area contributed by atoms with Crippen molar-refractivity contribution in [2.75, 3.05) is 4.72 Å². The minimum Gasteiger partial charge on any atom is -0.349 e. The van der Waals surface area contributed by atoms with E-state index in [-0.39, 0.29) is 21.9 Å². The zero-order chi connectivity index (χ0) is 20.8. The number of carbonyl (C=O) groups is 1. The molecular formula is C22H25ClN2O3S. The zero-order valence-corrected chi connectivity index (χ0v) is 18.1. The second kappa shape index (κ2) is 7.65. The van der Waals surface area contributed by atoms with Crippen LogP contribution in [-0.4, -0.2) is 20.4 Å². The molecule has 0 spiro atoms. The van der Waals surface area contributed by atoms with Gasteiger partial charge in [-0.1, -0.05) is 24.1 Å². The van der Waals surface area contributed by atoms with Crippen molar-refractivity contribution in [1.82, 2.24) is 5.32 Å². The number of amides is 1. The Morgan fingerprint density at radius 3 is 2.48 bits per heavy atom. The molecule has 5 nitrogen and oxygen atoms in total. The number of nitrogens with one attached hydrogen (secondary N) is 2. The lowest BCUT2D eigenvalue weighted by atomic mass is 9.95. The van der Waals surface area contributed by atoms with E-state index in [1.54, 1.807) is 18.2 Å². The molecule has 2 fully saturated rings. The number of carbonyl (C=O) groups excluding carboxylic acids is 1. The normalized spacial score (nSPS) is 23.2. The van der Waals surface area contributed by atoms with Gasteiger partial charge in [0.15, 0.2) is 0 Å². The van der Waals surface area contributed by atoms with Gasteiger partial charge in [-0.3, -0.25) is 9.52 Å². The lowest BCUT2D eigenvalue weighted by Crippen LogP contribution is -2.38. The quantitative estimate of drug-likeness (QED) is 0.720. The summed E-state index contributed by atoms with van der Waals surface area (Å²) in [6, 6.07) is 9.91. The maximum atomic E-state index is 12.9. The lowest BCUT2D eigenvalue weighted by Gasteiger charge is -2.23. The molecule has 2 saturated carbocycles. The van der Waals surface area contributed by atoms with E-state index in [0.29, 0.717) is 23.1 Å². The van der Waals surface area contributed by atoms with E-state index in [9.17, 15) is 13.2 Å². The Kier molecular flexibility index (Phi) is 5.34. The number of benzene rings is 2. The first-order valence-corrected chi connectivity index (χ1v) is 11.8. The van der Waals surface area contributed by atoms with Crippen LogP contribution in [-0.2, 0) is 10.0 Å². The molecule has 0 aliphatic heterocycles. The summed E-state index contributed by atoms with van der Waals surface area (Å²) in [5.74, 6) is 1.02. The van der Waals surface area contributed by atoms with E-state index in [2.05, 4.69) is 10.0 Å². The average Bonchev–Trinajstić information content (AvgIpc) is 3.27. The van der Waals surface area contributed by atoms with E-state index in [4.69, 9.17) is 11.6 Å². The highest BCUT2D eigenvalue weighted by atomic mass is 35.5. The number of halogens is 1. The number of hydrogen-bond donors (Lipinski definition) is 2. The predicted molar refractivity (Wildman–Crippen MR) is 115 cm³/mol. The highest BCUT2D eigenvalue weighted by Crippen LogP contribution is 2.44. The smallest absolute Gasteiger partial charge is 0.263 e. The molecule has 154 valence electrons. The number of fused-ring (bicyclic) bond motifs is 2. The molecule has 1 amide bonds. The molecule has 29 heavy (non-hydrogen) atoms. The molecule has 2 aromatic carbocycles. The Balaban J connectivity index is 1.55. The van der Waals surface area contributed by atoms with Gasteiger partial charge in [0.2, 0.25) is 0 Å². The summed E-state index contributed by atoms with van der Waals surface area (Å²) in [4.78, 5) is 12.6. The fourth-order valence-corrected chi connectivity index (χ4v) is 6.12. The number of anilines is 1. The molecule has 0 radical (unpaired) electrons. The molecule has 0 saturated heterocycles. The lowest BCUT2D eigenvalue weighted by molar-refractivity contribution is 0.0922. The van der Waals surface area contributed by atoms with Crippen molar-refractivity contribution in [3.05, 3.63) is 58.1 Å². The third-order valence-electron chi connectivity index (χ3n) is 6.30. The van der Waals surface area contributed by atoms with Crippen LogP contribution in [0.2, 0.25) is 5.02 Å². The van der Waals surface area contributed by atoms with Crippen molar-refractivity contribution < 1.29 is 13.2 Å². The topological polar surface area (TPSA) is 75.3 Å². The summed E-state index contributed by atoms with van der Waals surface area (Å²) >= 11 is 6.18. The van der Waals surface area contributed by atoms with Crippen molar-refractivity contribution in [3.63, 3.8) is 0 Å². The summed E-state index contributed by atoms with van der Waals surface area (Å²) in [6.07, 6.45) is 4.62. The Labute approximate surface area is 176 Å². The fourth-order valence-electron chi connectivity index (χ4n) is 4.54. The molecule has 2 aliphatic carbocycles. The summed E-state index contributed by atoms with van der Waals surface area (Å²) in [6.45, 7) is 3.88. The Morgan fingerprint density at radius 2 is 1.83 bits per heavy atom. The number of aryl methyl sites for hydroxylation is 2. The van der Waals surface area contributed by atoms with Crippen LogP contribution in [0.4, 0.5) is 5.69 Å². The van der Waals surface area contributed by atoms with Gasteiger partial charge in [0.05, 0.1) is 5.02 Å². The van der Waals surface area contributed by atoms with Gasteiger partial charge in [-0.25, -0.2) is 8.42 Å². The van der Waals surface area contributed by atoms with Gasteiger partial charge in [0.25, 0.3) is 15.9 Å². The van der Waals surface area contributed by atoms with Gasteiger partial charge < -0.3 is 5.32 Å². The molecule has 2 aliphatic rings. The van der Waals surface area contributed by atoms with Crippen LogP contribution >= 0.6 is 11.6 Å². The monoisotopic (exact) mass is 432 g/mol. The summed E-state index contributed by atoms with van der Waals surface area (Å²) in [5.41, 5.74) is 2.82. The van der Waals surface area contributed by atoms with Crippen LogP contribution in [0.3, 0.4) is 0 Å². The zero-order valence-electron chi connectivity index (χ0n) is 16.5. The summed E-state index contributed by atoms with van der Waals surface area (Å²) < 4.78 is 28.4. The van der Waals surface area contributed by atoms with E-state index < -0.39 is 10.0 Å². The molecule has 7 heteroatoms. The maximum absolute atomic E-state index is 12.9. The van der Waals surface area contributed by atoms with Gasteiger partial charge in [-0.15, -0.1) is 0 Å². The van der Waals surface area contributed by atoms with E-state index >= 15 is 0 Å². The minimum atomic E-state index is -3.93. The van der Waals surface area contributed by atoms with E-state index in [0.717, 1.165) is 24.0 Å². The number of sulfonamides is 1. The third-order valence-corrected chi connectivity index (χ3v) is 8.16. The van der Waals surface area contributed by atoms with Gasteiger partial charge in [0, 0.05) is 17.3 Å². The fraction of sp³-hybridized carbons (Fsp3) is 0.409. The largest absolute Gasteiger partial charge is 0.349 e. The van der Waals surface area contributed by atoms with Crippen LogP contribution in [0, 0.1) is 25.7 Å². The first-order valence-electron chi connectivity index (χ1n) is 9.93. The molecular weight excluding hydrogens is 408 g/mol. The van der Waals surface area contributed by atoms with Crippen molar-refractivity contribution in [2.45, 2.75) is 50.5 Å². The van der Waals surface area contributed by atoms with Crippen molar-refractivity contribution in [3.8, 4) is 0 Å². The van der Waals surface area contributed by atoms with Crippen molar-refractivity contribution >= 4 is 33.2 Å². The molecule has 2 N–H and O–H groups in total. The van der Waals surface area contributed by atoms with Gasteiger partial charge in [-0.2, -0.15) is 0 Å². The Hall–Kier alpha value is -2.05. The highest BCUT2D eigenvalue weighted by Gasteiger charge is 2.40. The highest BCUT2D eigenvalue weighted by molar-refractivity contribution is 7.92. The van der Waals surface area contributed by atoms with Crippen LogP contribution in [0.25, 0.3) is 0 Å². The van der Waals surface area contributed by atoms with Crippen LogP contribution in [0.15, 0.2) is 41.3 Å². The summed E-state index contributed by atoms with van der Waals surface area (Å²) in [5, 5.41) is 3.17. The first kappa shape index (κ1) is 20.2. The second-order valence-electron chi connectivity index (χ2n) is 8.30. The molecule has 0 unspecified atom stereocenters. The predicted octanol–water partition coefficient (Wildman–Crippen LogP) is 4.68. The molecule has 2 bridgehead atoms. The molecule has 4 rings (SSSR count). The van der Waals surface area contributed by atoms with Gasteiger partial charge in [-0.05, 0) is 86.4 Å². The molecule has 2 aromatic rings. The SMILES string of the molecule is Cc1ccc(NS(=O)(=O)c2cc(C(=O)N[C@H]3C[C@H]4CC[C@H]3C4)ccc2Cl)cc1C. The third kappa shape index (κ3) is 4.14. The Bertz CT molecular complexity index is 1070. The van der Waals surface area contributed by atoms with Gasteiger partial charge in [0.1, 0.15) is 4.90 Å². The standard InChI is InChI=1S/C22H25ClN2O3S/c1-13-3-7-18(9-14(13)2)25-29(27,28)21-12-17(6-8-19(21)23)22(26)24-20-11-15-4-5-16(20)10-15/h3,6-9,12,15-16,20,25H,4-5,10-11H2,1-2H3,(H,24,26)/t15-,16-,20-/m0/s1. The second-order valence-corrected chi connectivity index (χ2v) is 10.4. The van der Waals surface area contributed by atoms with Crippen LogP contribution in [0.5, 0.6) is 0 Å². The molecule has 0 aromatic heterocycles. The maximum Gasteiger partial charge on any atom is 0.263 e. The van der Waals surface area contributed by atoms with E-state index in [1.807, 2.05) is 19.9 Å².